The van der Waals surface area contributed by atoms with E-state index in [-0.39, 0.29) is 16.2 Å². The molecule has 0 amide bonds. The summed E-state index contributed by atoms with van der Waals surface area (Å²) in [5.74, 6) is 4.48. The van der Waals surface area contributed by atoms with Crippen LogP contribution in [-0.2, 0) is 11.8 Å². The van der Waals surface area contributed by atoms with Gasteiger partial charge in [-0.2, -0.15) is 0 Å². The van der Waals surface area contributed by atoms with Gasteiger partial charge in [-0.1, -0.05) is 41.7 Å². The second kappa shape index (κ2) is 7.87. The van der Waals surface area contributed by atoms with Gasteiger partial charge in [-0.25, -0.2) is 0 Å². The molecule has 0 radical (unpaired) electrons. The van der Waals surface area contributed by atoms with Gasteiger partial charge >= 0.3 is 4.87 Å². The zero-order chi connectivity index (χ0) is 24.7. The highest BCUT2D eigenvalue weighted by Crippen LogP contribution is 2.63. The van der Waals surface area contributed by atoms with Crippen LogP contribution in [0.25, 0.3) is 21.9 Å². The molecule has 2 N–H and O–H groups in total. The Labute approximate surface area is 219 Å². The molecule has 6 heteroatoms. The van der Waals surface area contributed by atoms with E-state index in [2.05, 4.69) is 53.5 Å². The van der Waals surface area contributed by atoms with Crippen LogP contribution in [0.15, 0.2) is 53.3 Å². The van der Waals surface area contributed by atoms with Gasteiger partial charge in [0.1, 0.15) is 0 Å². The molecule has 188 valence electrons. The van der Waals surface area contributed by atoms with Gasteiger partial charge in [0, 0.05) is 12.0 Å². The highest BCUT2D eigenvalue weighted by atomic mass is 32.1. The van der Waals surface area contributed by atoms with Crippen molar-refractivity contribution < 1.29 is 14.6 Å². The fourth-order valence-corrected chi connectivity index (χ4v) is 9.01. The van der Waals surface area contributed by atoms with E-state index in [0.717, 1.165) is 51.5 Å². The standard InChI is InChI=1S/C31H29NO4S/c33-29-27(37-30(34)32-29)9-17-1-2-22-10-23(4-3-21(22)8-17)24-11-25(28-26(12-24)35-16-36-28)31-13-18-5-19(14-31)7-20(6-18)15-31/h1-4,8,10-12,18-20,33H,5-7,9,13-16H2,(H,32,34). The molecule has 0 atom stereocenters. The Bertz CT molecular complexity index is 1580. The predicted molar refractivity (Wildman–Crippen MR) is 145 cm³/mol. The number of aromatic hydroxyl groups is 1. The molecule has 37 heavy (non-hydrogen) atoms. The molecule has 5 aliphatic rings. The van der Waals surface area contributed by atoms with Crippen LogP contribution >= 0.6 is 11.3 Å². The van der Waals surface area contributed by atoms with Crippen molar-refractivity contribution >= 4 is 22.1 Å². The molecule has 4 fully saturated rings. The maximum absolute atomic E-state index is 11.5. The quantitative estimate of drug-likeness (QED) is 0.318. The van der Waals surface area contributed by atoms with Gasteiger partial charge in [0.15, 0.2) is 11.5 Å². The number of H-pyrrole nitrogens is 1. The molecule has 0 spiro atoms. The molecular formula is C31H29NO4S. The third-order valence-corrected chi connectivity index (χ3v) is 10.3. The lowest BCUT2D eigenvalue weighted by Crippen LogP contribution is -2.48. The first-order valence-electron chi connectivity index (χ1n) is 13.4. The number of aromatic nitrogens is 1. The summed E-state index contributed by atoms with van der Waals surface area (Å²) in [4.78, 5) is 14.4. The topological polar surface area (TPSA) is 71.6 Å². The normalized spacial score (nSPS) is 27.3. The Hall–Kier alpha value is -3.25. The first kappa shape index (κ1) is 21.8. The van der Waals surface area contributed by atoms with Crippen molar-refractivity contribution in [3.8, 4) is 28.5 Å². The van der Waals surface area contributed by atoms with Crippen LogP contribution < -0.4 is 14.3 Å². The lowest BCUT2D eigenvalue weighted by Gasteiger charge is -2.57. The Morgan fingerprint density at radius 3 is 2.35 bits per heavy atom. The number of thiazole rings is 1. The monoisotopic (exact) mass is 511 g/mol. The van der Waals surface area contributed by atoms with Crippen molar-refractivity contribution in [2.45, 2.75) is 50.4 Å². The molecule has 1 aromatic heterocycles. The molecule has 4 bridgehead atoms. The summed E-state index contributed by atoms with van der Waals surface area (Å²) in [5.41, 5.74) is 5.08. The number of benzene rings is 3. The van der Waals surface area contributed by atoms with Crippen molar-refractivity contribution in [1.82, 2.24) is 4.98 Å². The fourth-order valence-electron chi connectivity index (χ4n) is 8.25. The summed E-state index contributed by atoms with van der Waals surface area (Å²) in [5, 5.41) is 12.3. The van der Waals surface area contributed by atoms with Crippen LogP contribution in [-0.4, -0.2) is 16.9 Å². The third kappa shape index (κ3) is 3.52. The number of nitrogens with one attached hydrogen (secondary N) is 1. The minimum absolute atomic E-state index is 0.0249. The van der Waals surface area contributed by atoms with E-state index in [9.17, 15) is 9.90 Å². The molecule has 4 saturated carbocycles. The van der Waals surface area contributed by atoms with Crippen LogP contribution in [0.2, 0.25) is 0 Å². The Morgan fingerprint density at radius 2 is 1.62 bits per heavy atom. The molecule has 9 rings (SSSR count). The Kier molecular flexibility index (Phi) is 4.64. The van der Waals surface area contributed by atoms with Gasteiger partial charge in [-0.05, 0) is 107 Å². The number of fused-ring (bicyclic) bond motifs is 2. The summed E-state index contributed by atoms with van der Waals surface area (Å²) < 4.78 is 12.1. The number of hydrogen-bond acceptors (Lipinski definition) is 5. The highest BCUT2D eigenvalue weighted by molar-refractivity contribution is 7.09. The maximum atomic E-state index is 11.5. The van der Waals surface area contributed by atoms with Gasteiger partial charge in [0.2, 0.25) is 12.7 Å². The number of rotatable bonds is 4. The average molecular weight is 512 g/mol. The molecule has 5 nitrogen and oxygen atoms in total. The van der Waals surface area contributed by atoms with E-state index in [1.54, 1.807) is 0 Å². The molecular weight excluding hydrogens is 482 g/mol. The van der Waals surface area contributed by atoms with Crippen molar-refractivity contribution in [2.75, 3.05) is 6.79 Å². The van der Waals surface area contributed by atoms with Gasteiger partial charge in [0.25, 0.3) is 0 Å². The van der Waals surface area contributed by atoms with Crippen LogP contribution in [0.3, 0.4) is 0 Å². The molecule has 2 heterocycles. The van der Waals surface area contributed by atoms with Crippen molar-refractivity contribution in [2.24, 2.45) is 17.8 Å². The minimum Gasteiger partial charge on any atom is -0.494 e. The number of hydrogen-bond donors (Lipinski definition) is 2. The van der Waals surface area contributed by atoms with E-state index >= 15 is 0 Å². The van der Waals surface area contributed by atoms with E-state index in [0.29, 0.717) is 18.1 Å². The molecule has 0 unspecified atom stereocenters. The summed E-state index contributed by atoms with van der Waals surface area (Å²) in [6.07, 6.45) is 8.69. The van der Waals surface area contributed by atoms with Crippen molar-refractivity contribution in [3.05, 3.63) is 74.2 Å². The summed E-state index contributed by atoms with van der Waals surface area (Å²) in [6, 6.07) is 17.5. The highest BCUT2D eigenvalue weighted by Gasteiger charge is 2.53. The van der Waals surface area contributed by atoms with E-state index in [4.69, 9.17) is 9.47 Å². The summed E-state index contributed by atoms with van der Waals surface area (Å²) in [7, 11) is 0. The predicted octanol–water partition coefficient (Wildman–Crippen LogP) is 6.75. The first-order chi connectivity index (χ1) is 18.0. The van der Waals surface area contributed by atoms with Gasteiger partial charge in [-0.15, -0.1) is 0 Å². The lowest BCUT2D eigenvalue weighted by atomic mass is 9.48. The van der Waals surface area contributed by atoms with Crippen molar-refractivity contribution in [3.63, 3.8) is 0 Å². The van der Waals surface area contributed by atoms with Crippen LogP contribution in [0.4, 0.5) is 0 Å². The summed E-state index contributed by atoms with van der Waals surface area (Å²) in [6.45, 7) is 0.310. The maximum Gasteiger partial charge on any atom is 0.307 e. The lowest BCUT2D eigenvalue weighted by molar-refractivity contribution is -0.00626. The number of ether oxygens (including phenoxy) is 2. The second-order valence-electron chi connectivity index (χ2n) is 11.8. The Morgan fingerprint density at radius 1 is 0.892 bits per heavy atom. The van der Waals surface area contributed by atoms with Crippen molar-refractivity contribution in [1.29, 1.82) is 0 Å². The largest absolute Gasteiger partial charge is 0.494 e. The minimum atomic E-state index is -0.227. The van der Waals surface area contributed by atoms with Gasteiger partial charge in [-0.3, -0.25) is 9.78 Å². The smallest absolute Gasteiger partial charge is 0.307 e. The molecule has 3 aromatic carbocycles. The zero-order valence-electron chi connectivity index (χ0n) is 20.6. The zero-order valence-corrected chi connectivity index (χ0v) is 21.4. The fraction of sp³-hybridized carbons (Fsp3) is 0.387. The van der Waals surface area contributed by atoms with Gasteiger partial charge in [0.05, 0.1) is 4.88 Å². The van der Waals surface area contributed by atoms with E-state index in [1.165, 1.54) is 60.6 Å². The first-order valence-corrected chi connectivity index (χ1v) is 14.2. The molecule has 4 aliphatic carbocycles. The van der Waals surface area contributed by atoms with Crippen LogP contribution in [0.5, 0.6) is 17.4 Å². The third-order valence-electron chi connectivity index (χ3n) is 9.39. The van der Waals surface area contributed by atoms with Gasteiger partial charge < -0.3 is 14.6 Å². The molecule has 0 saturated heterocycles. The average Bonchev–Trinajstić information content (AvgIpc) is 3.47. The molecule has 1 aliphatic heterocycles. The van der Waals surface area contributed by atoms with Crippen LogP contribution in [0.1, 0.15) is 54.5 Å². The molecule has 4 aromatic rings. The van der Waals surface area contributed by atoms with Crippen LogP contribution in [0, 0.1) is 17.8 Å². The second-order valence-corrected chi connectivity index (χ2v) is 12.9. The SMILES string of the molecule is O=c1[nH]c(O)c(Cc2ccc3cc(-c4cc5c(c(C67CC8CC(CC(C8)C6)C7)c4)OCO5)ccc3c2)s1. The van der Waals surface area contributed by atoms with E-state index in [1.807, 2.05) is 0 Å². The van der Waals surface area contributed by atoms with E-state index < -0.39 is 0 Å². The number of aromatic amines is 1. The summed E-state index contributed by atoms with van der Waals surface area (Å²) >= 11 is 1.06. The Balaban J connectivity index is 1.17.